The molecule has 0 radical (unpaired) electrons. The molecular weight excluding hydrogens is 240 g/mol. The van der Waals surface area contributed by atoms with Crippen molar-refractivity contribution in [3.63, 3.8) is 0 Å². The average molecular weight is 261 g/mol. The summed E-state index contributed by atoms with van der Waals surface area (Å²) < 4.78 is 0. The number of nitrogens with one attached hydrogen (secondary N) is 1. The van der Waals surface area contributed by atoms with Crippen molar-refractivity contribution in [3.8, 4) is 0 Å². The molecule has 0 saturated carbocycles. The molecule has 0 aromatic carbocycles. The van der Waals surface area contributed by atoms with E-state index in [2.05, 4.69) is 5.32 Å². The van der Waals surface area contributed by atoms with Crippen LogP contribution >= 0.6 is 11.6 Å². The summed E-state index contributed by atoms with van der Waals surface area (Å²) in [6, 6.07) is -0.253. The van der Waals surface area contributed by atoms with Gasteiger partial charge in [0, 0.05) is 12.4 Å². The number of amides is 3. The Morgan fingerprint density at radius 1 is 1.24 bits per heavy atom. The van der Waals surface area contributed by atoms with Crippen molar-refractivity contribution >= 4 is 23.5 Å². The van der Waals surface area contributed by atoms with E-state index in [4.69, 9.17) is 11.6 Å². The lowest BCUT2D eigenvalue weighted by atomic mass is 9.99. The van der Waals surface area contributed by atoms with Crippen molar-refractivity contribution in [3.05, 3.63) is 0 Å². The molecule has 1 aliphatic heterocycles. The predicted octanol–water partition coefficient (Wildman–Crippen LogP) is 2.51. The summed E-state index contributed by atoms with van der Waals surface area (Å²) in [4.78, 5) is 25.0. The lowest BCUT2D eigenvalue weighted by Gasteiger charge is -2.19. The quantitative estimate of drug-likeness (QED) is 0.434. The number of carbonyl (C=O) groups excluding carboxylic acids is 2. The van der Waals surface area contributed by atoms with Gasteiger partial charge in [0.05, 0.1) is 0 Å². The van der Waals surface area contributed by atoms with E-state index in [9.17, 15) is 9.59 Å². The summed E-state index contributed by atoms with van der Waals surface area (Å²) in [5.74, 6) is 0.583. The molecule has 17 heavy (non-hydrogen) atoms. The maximum atomic E-state index is 12.0. The molecule has 0 spiro atoms. The first-order chi connectivity index (χ1) is 8.05. The number of alkyl halides is 1. The van der Waals surface area contributed by atoms with E-state index in [-0.39, 0.29) is 11.9 Å². The fourth-order valence-electron chi connectivity index (χ4n) is 1.91. The molecule has 1 fully saturated rings. The summed E-state index contributed by atoms with van der Waals surface area (Å²) >= 11 is 5.58. The van der Waals surface area contributed by atoms with Gasteiger partial charge in [0.2, 0.25) is 0 Å². The molecule has 1 N–H and O–H groups in total. The van der Waals surface area contributed by atoms with Crippen LogP contribution in [-0.2, 0) is 4.79 Å². The van der Waals surface area contributed by atoms with E-state index in [1.54, 1.807) is 6.92 Å². The first-order valence-corrected chi connectivity index (χ1v) is 6.78. The third-order valence-corrected chi connectivity index (χ3v) is 3.58. The van der Waals surface area contributed by atoms with Gasteiger partial charge in [-0.1, -0.05) is 19.8 Å². The second kappa shape index (κ2) is 6.24. The molecule has 0 aliphatic carbocycles. The van der Waals surface area contributed by atoms with E-state index in [1.807, 2.05) is 6.92 Å². The van der Waals surface area contributed by atoms with Crippen LogP contribution in [0.25, 0.3) is 0 Å². The van der Waals surface area contributed by atoms with E-state index in [0.717, 1.165) is 25.7 Å². The average Bonchev–Trinajstić information content (AvgIpc) is 2.52. The number of urea groups is 1. The molecule has 98 valence electrons. The van der Waals surface area contributed by atoms with Crippen molar-refractivity contribution in [1.29, 1.82) is 0 Å². The van der Waals surface area contributed by atoms with Crippen LogP contribution in [0.2, 0.25) is 0 Å². The number of halogens is 1. The summed E-state index contributed by atoms with van der Waals surface area (Å²) in [5, 5.41) is 2.75. The molecule has 1 unspecified atom stereocenters. The molecule has 0 bridgehead atoms. The Balaban J connectivity index is 2.39. The van der Waals surface area contributed by atoms with Gasteiger partial charge in [0.15, 0.2) is 0 Å². The van der Waals surface area contributed by atoms with Crippen LogP contribution in [-0.4, -0.2) is 34.8 Å². The van der Waals surface area contributed by atoms with Gasteiger partial charge in [-0.05, 0) is 26.2 Å². The number of rotatable bonds is 7. The van der Waals surface area contributed by atoms with Crippen molar-refractivity contribution < 1.29 is 9.59 Å². The van der Waals surface area contributed by atoms with Crippen LogP contribution in [0.5, 0.6) is 0 Å². The molecular formula is C12H21ClN2O2. The third-order valence-electron chi connectivity index (χ3n) is 3.32. The number of hydrogen-bond acceptors (Lipinski definition) is 2. The summed E-state index contributed by atoms with van der Waals surface area (Å²) in [5.41, 5.74) is -0.701. The van der Waals surface area contributed by atoms with Crippen molar-refractivity contribution in [2.45, 2.75) is 51.5 Å². The fraction of sp³-hybridized carbons (Fsp3) is 0.833. The summed E-state index contributed by atoms with van der Waals surface area (Å²) in [6.07, 6.45) is 4.54. The van der Waals surface area contributed by atoms with E-state index >= 15 is 0 Å². The number of imide groups is 1. The Kier molecular flexibility index (Phi) is 5.25. The summed E-state index contributed by atoms with van der Waals surface area (Å²) in [6.45, 7) is 4.20. The Bertz CT molecular complexity index is 296. The van der Waals surface area contributed by atoms with Gasteiger partial charge in [0.25, 0.3) is 5.91 Å². The SMILES string of the molecule is CCC1(C)NC(=O)N(CCCCCCCl)C1=O. The van der Waals surface area contributed by atoms with Crippen LogP contribution in [0.1, 0.15) is 46.0 Å². The van der Waals surface area contributed by atoms with Gasteiger partial charge >= 0.3 is 6.03 Å². The highest BCUT2D eigenvalue weighted by Crippen LogP contribution is 2.21. The third kappa shape index (κ3) is 3.35. The molecule has 1 atom stereocenters. The lowest BCUT2D eigenvalue weighted by Crippen LogP contribution is -2.43. The molecule has 3 amide bonds. The highest BCUT2D eigenvalue weighted by atomic mass is 35.5. The molecule has 1 saturated heterocycles. The molecule has 1 aliphatic rings. The molecule has 0 aromatic rings. The largest absolute Gasteiger partial charge is 0.325 e. The van der Waals surface area contributed by atoms with Crippen LogP contribution in [0.15, 0.2) is 0 Å². The van der Waals surface area contributed by atoms with Gasteiger partial charge in [-0.15, -0.1) is 11.6 Å². The Hall–Kier alpha value is -0.770. The van der Waals surface area contributed by atoms with Gasteiger partial charge < -0.3 is 5.32 Å². The second-order valence-electron chi connectivity index (χ2n) is 4.68. The minimum atomic E-state index is -0.701. The lowest BCUT2D eigenvalue weighted by molar-refractivity contribution is -0.130. The highest BCUT2D eigenvalue weighted by Gasteiger charge is 2.45. The van der Waals surface area contributed by atoms with Crippen LogP contribution in [0, 0.1) is 0 Å². The Labute approximate surface area is 108 Å². The van der Waals surface area contributed by atoms with Gasteiger partial charge in [-0.3, -0.25) is 9.69 Å². The zero-order valence-electron chi connectivity index (χ0n) is 10.6. The topological polar surface area (TPSA) is 49.4 Å². The minimum absolute atomic E-state index is 0.0951. The molecule has 1 rings (SSSR count). The number of nitrogens with zero attached hydrogens (tertiary/aromatic N) is 1. The van der Waals surface area contributed by atoms with E-state index in [1.165, 1.54) is 4.90 Å². The smallest absolute Gasteiger partial charge is 0.323 e. The Morgan fingerprint density at radius 3 is 2.41 bits per heavy atom. The van der Waals surface area contributed by atoms with Crippen molar-refractivity contribution in [2.75, 3.05) is 12.4 Å². The number of unbranched alkanes of at least 4 members (excludes halogenated alkanes) is 3. The second-order valence-corrected chi connectivity index (χ2v) is 5.05. The minimum Gasteiger partial charge on any atom is -0.323 e. The van der Waals surface area contributed by atoms with Crippen molar-refractivity contribution in [2.24, 2.45) is 0 Å². The van der Waals surface area contributed by atoms with Gasteiger partial charge in [0.1, 0.15) is 5.54 Å². The molecule has 5 heteroatoms. The first-order valence-electron chi connectivity index (χ1n) is 6.25. The van der Waals surface area contributed by atoms with Crippen LogP contribution in [0.4, 0.5) is 4.79 Å². The monoisotopic (exact) mass is 260 g/mol. The van der Waals surface area contributed by atoms with Gasteiger partial charge in [-0.2, -0.15) is 0 Å². The normalized spacial score (nSPS) is 24.3. The zero-order chi connectivity index (χ0) is 12.9. The molecule has 1 heterocycles. The van der Waals surface area contributed by atoms with E-state index in [0.29, 0.717) is 18.8 Å². The zero-order valence-corrected chi connectivity index (χ0v) is 11.3. The maximum absolute atomic E-state index is 12.0. The standard InChI is InChI=1S/C12H21ClN2O2/c1-3-12(2)10(16)15(11(17)14-12)9-7-5-4-6-8-13/h3-9H2,1-2H3,(H,14,17). The number of hydrogen-bond donors (Lipinski definition) is 1. The van der Waals surface area contributed by atoms with Crippen molar-refractivity contribution in [1.82, 2.24) is 10.2 Å². The van der Waals surface area contributed by atoms with Gasteiger partial charge in [-0.25, -0.2) is 4.79 Å². The van der Waals surface area contributed by atoms with E-state index < -0.39 is 5.54 Å². The summed E-state index contributed by atoms with van der Waals surface area (Å²) in [7, 11) is 0. The maximum Gasteiger partial charge on any atom is 0.325 e. The highest BCUT2D eigenvalue weighted by molar-refractivity contribution is 6.17. The Morgan fingerprint density at radius 2 is 1.88 bits per heavy atom. The van der Waals surface area contributed by atoms with Crippen LogP contribution in [0.3, 0.4) is 0 Å². The molecule has 4 nitrogen and oxygen atoms in total. The fourth-order valence-corrected chi connectivity index (χ4v) is 2.10. The predicted molar refractivity (Wildman–Crippen MR) is 68.1 cm³/mol. The number of carbonyl (C=O) groups is 2. The first kappa shape index (κ1) is 14.3. The van der Waals surface area contributed by atoms with Crippen LogP contribution < -0.4 is 5.32 Å². The molecule has 0 aromatic heterocycles.